The molecule has 1 atom stereocenters. The van der Waals surface area contributed by atoms with Crippen LogP contribution in [0.2, 0.25) is 5.02 Å². The Kier molecular flexibility index (Phi) is 5.45. The number of carbonyl (C=O) groups is 1. The topological polar surface area (TPSA) is 38.3 Å². The van der Waals surface area contributed by atoms with E-state index in [2.05, 4.69) is 5.32 Å². The minimum absolute atomic E-state index is 0.0947. The molecule has 0 aromatic heterocycles. The maximum absolute atomic E-state index is 11.0. The molecule has 0 heterocycles. The molecule has 0 amide bonds. The molecular formula is C13H18ClNO2. The van der Waals surface area contributed by atoms with Gasteiger partial charge in [0.2, 0.25) is 0 Å². The number of halogens is 1. The summed E-state index contributed by atoms with van der Waals surface area (Å²) in [6.45, 7) is 1.60. The highest BCUT2D eigenvalue weighted by Gasteiger charge is 2.14. The van der Waals surface area contributed by atoms with Crippen LogP contribution in [0.15, 0.2) is 18.2 Å². The largest absolute Gasteiger partial charge is 0.497 e. The average Bonchev–Trinajstić information content (AvgIpc) is 2.31. The second kappa shape index (κ2) is 6.62. The lowest BCUT2D eigenvalue weighted by Gasteiger charge is -2.17. The van der Waals surface area contributed by atoms with E-state index in [1.54, 1.807) is 20.1 Å². The fourth-order valence-electron chi connectivity index (χ4n) is 1.72. The first kappa shape index (κ1) is 14.0. The van der Waals surface area contributed by atoms with Gasteiger partial charge in [-0.1, -0.05) is 17.7 Å². The maximum atomic E-state index is 11.0. The molecule has 0 saturated carbocycles. The van der Waals surface area contributed by atoms with Crippen LogP contribution in [0.25, 0.3) is 0 Å². The van der Waals surface area contributed by atoms with Gasteiger partial charge in [0, 0.05) is 17.5 Å². The highest BCUT2D eigenvalue weighted by Crippen LogP contribution is 2.29. The summed E-state index contributed by atoms with van der Waals surface area (Å²) in [5.41, 5.74) is 0.996. The van der Waals surface area contributed by atoms with Crippen molar-refractivity contribution in [1.29, 1.82) is 0 Å². The Morgan fingerprint density at radius 2 is 2.24 bits per heavy atom. The molecule has 0 radical (unpaired) electrons. The van der Waals surface area contributed by atoms with Gasteiger partial charge in [0.1, 0.15) is 11.5 Å². The molecule has 0 fully saturated rings. The molecule has 1 rings (SSSR count). The third-order valence-corrected chi connectivity index (χ3v) is 3.04. The van der Waals surface area contributed by atoms with Gasteiger partial charge in [0.15, 0.2) is 0 Å². The van der Waals surface area contributed by atoms with E-state index >= 15 is 0 Å². The molecule has 0 aliphatic carbocycles. The minimum atomic E-state index is 0.0947. The van der Waals surface area contributed by atoms with Crippen LogP contribution >= 0.6 is 11.6 Å². The summed E-state index contributed by atoms with van der Waals surface area (Å²) >= 11 is 6.19. The van der Waals surface area contributed by atoms with E-state index in [4.69, 9.17) is 16.3 Å². The number of benzene rings is 1. The Morgan fingerprint density at radius 3 is 2.71 bits per heavy atom. The number of ether oxygens (including phenoxy) is 1. The minimum Gasteiger partial charge on any atom is -0.497 e. The van der Waals surface area contributed by atoms with E-state index in [9.17, 15) is 4.79 Å². The summed E-state index contributed by atoms with van der Waals surface area (Å²) in [6.07, 6.45) is 1.30. The van der Waals surface area contributed by atoms with E-state index in [1.807, 2.05) is 19.2 Å². The van der Waals surface area contributed by atoms with Gasteiger partial charge in [-0.2, -0.15) is 0 Å². The first-order valence-electron chi connectivity index (χ1n) is 5.58. The monoisotopic (exact) mass is 255 g/mol. The van der Waals surface area contributed by atoms with Crippen molar-refractivity contribution in [2.24, 2.45) is 0 Å². The molecule has 1 aromatic rings. The van der Waals surface area contributed by atoms with E-state index in [0.717, 1.165) is 17.7 Å². The number of ketones is 1. The fraction of sp³-hybridized carbons (Fsp3) is 0.462. The number of hydrogen-bond donors (Lipinski definition) is 1. The van der Waals surface area contributed by atoms with Crippen LogP contribution in [0.4, 0.5) is 0 Å². The van der Waals surface area contributed by atoms with Crippen molar-refractivity contribution < 1.29 is 9.53 Å². The Balaban J connectivity index is 2.84. The number of Topliss-reactive ketones (excluding diaryl/α,β-unsaturated/α-hetero) is 1. The van der Waals surface area contributed by atoms with Gasteiger partial charge in [-0.15, -0.1) is 0 Å². The van der Waals surface area contributed by atoms with Gasteiger partial charge in [0.25, 0.3) is 0 Å². The fourth-order valence-corrected chi connectivity index (χ4v) is 2.02. The van der Waals surface area contributed by atoms with Crippen LogP contribution in [0, 0.1) is 0 Å². The first-order chi connectivity index (χ1) is 8.08. The van der Waals surface area contributed by atoms with Gasteiger partial charge >= 0.3 is 0 Å². The van der Waals surface area contributed by atoms with Gasteiger partial charge in [-0.3, -0.25) is 0 Å². The zero-order valence-corrected chi connectivity index (χ0v) is 11.2. The third kappa shape index (κ3) is 4.02. The second-order valence-electron chi connectivity index (χ2n) is 3.97. The summed E-state index contributed by atoms with van der Waals surface area (Å²) in [6, 6.07) is 5.69. The van der Waals surface area contributed by atoms with E-state index in [0.29, 0.717) is 11.4 Å². The summed E-state index contributed by atoms with van der Waals surface area (Å²) in [7, 11) is 3.47. The molecule has 1 aromatic carbocycles. The van der Waals surface area contributed by atoms with Crippen LogP contribution in [-0.2, 0) is 4.79 Å². The van der Waals surface area contributed by atoms with Crippen LogP contribution < -0.4 is 10.1 Å². The van der Waals surface area contributed by atoms with Crippen molar-refractivity contribution in [3.8, 4) is 5.75 Å². The van der Waals surface area contributed by atoms with Crippen molar-refractivity contribution in [1.82, 2.24) is 5.32 Å². The van der Waals surface area contributed by atoms with Gasteiger partial charge in [-0.05, 0) is 38.1 Å². The number of rotatable bonds is 6. The quantitative estimate of drug-likeness (QED) is 0.849. The van der Waals surface area contributed by atoms with Crippen LogP contribution in [0.5, 0.6) is 5.75 Å². The van der Waals surface area contributed by atoms with Crippen LogP contribution in [0.1, 0.15) is 31.4 Å². The standard InChI is InChI=1S/C13H18ClNO2/c1-9(16)4-7-13(15-2)11-6-5-10(17-3)8-12(11)14/h5-6,8,13,15H,4,7H2,1-3H3. The SMILES string of the molecule is CNC(CCC(C)=O)c1ccc(OC)cc1Cl. The molecule has 1 N–H and O–H groups in total. The van der Waals surface area contributed by atoms with E-state index in [-0.39, 0.29) is 11.8 Å². The number of hydrogen-bond acceptors (Lipinski definition) is 3. The average molecular weight is 256 g/mol. The third-order valence-electron chi connectivity index (χ3n) is 2.72. The van der Waals surface area contributed by atoms with Gasteiger partial charge < -0.3 is 14.8 Å². The molecule has 4 heteroatoms. The molecule has 0 spiro atoms. The Morgan fingerprint density at radius 1 is 1.53 bits per heavy atom. The summed E-state index contributed by atoms with van der Waals surface area (Å²) in [5, 5.41) is 3.83. The van der Waals surface area contributed by atoms with Gasteiger partial charge in [-0.25, -0.2) is 0 Å². The van der Waals surface area contributed by atoms with Crippen molar-refractivity contribution in [3.63, 3.8) is 0 Å². The number of methoxy groups -OCH3 is 1. The Bertz CT molecular complexity index is 393. The molecule has 94 valence electrons. The zero-order valence-electron chi connectivity index (χ0n) is 10.4. The predicted molar refractivity (Wildman–Crippen MR) is 69.7 cm³/mol. The highest BCUT2D eigenvalue weighted by atomic mass is 35.5. The van der Waals surface area contributed by atoms with Crippen molar-refractivity contribution in [3.05, 3.63) is 28.8 Å². The smallest absolute Gasteiger partial charge is 0.129 e. The van der Waals surface area contributed by atoms with Crippen LogP contribution in [0.3, 0.4) is 0 Å². The first-order valence-corrected chi connectivity index (χ1v) is 5.96. The molecule has 0 bridgehead atoms. The van der Waals surface area contributed by atoms with Crippen molar-refractivity contribution >= 4 is 17.4 Å². The number of nitrogens with one attached hydrogen (secondary N) is 1. The number of carbonyl (C=O) groups excluding carboxylic acids is 1. The highest BCUT2D eigenvalue weighted by molar-refractivity contribution is 6.31. The van der Waals surface area contributed by atoms with Crippen LogP contribution in [-0.4, -0.2) is 19.9 Å². The molecule has 1 unspecified atom stereocenters. The molecular weight excluding hydrogens is 238 g/mol. The lowest BCUT2D eigenvalue weighted by Crippen LogP contribution is -2.17. The lowest BCUT2D eigenvalue weighted by atomic mass is 10.0. The molecule has 0 aliphatic heterocycles. The van der Waals surface area contributed by atoms with Crippen molar-refractivity contribution in [2.75, 3.05) is 14.2 Å². The summed E-state index contributed by atoms with van der Waals surface area (Å²) < 4.78 is 5.10. The summed E-state index contributed by atoms with van der Waals surface area (Å²) in [4.78, 5) is 11.0. The Hall–Kier alpha value is -1.06. The van der Waals surface area contributed by atoms with E-state index in [1.165, 1.54) is 0 Å². The molecule has 0 saturated heterocycles. The molecule has 17 heavy (non-hydrogen) atoms. The predicted octanol–water partition coefficient (Wildman–Crippen LogP) is 2.98. The summed E-state index contributed by atoms with van der Waals surface area (Å²) in [5.74, 6) is 0.926. The zero-order chi connectivity index (χ0) is 12.8. The van der Waals surface area contributed by atoms with Gasteiger partial charge in [0.05, 0.1) is 7.11 Å². The normalized spacial score (nSPS) is 12.2. The maximum Gasteiger partial charge on any atom is 0.129 e. The van der Waals surface area contributed by atoms with Crippen molar-refractivity contribution in [2.45, 2.75) is 25.8 Å². The second-order valence-corrected chi connectivity index (χ2v) is 4.38. The lowest BCUT2D eigenvalue weighted by molar-refractivity contribution is -0.117. The molecule has 0 aliphatic rings. The van der Waals surface area contributed by atoms with E-state index < -0.39 is 0 Å². The molecule has 3 nitrogen and oxygen atoms in total. The Labute approximate surface area is 107 Å².